The second-order valence-electron chi connectivity index (χ2n) is 5.19. The van der Waals surface area contributed by atoms with Gasteiger partial charge >= 0.3 is 0 Å². The first kappa shape index (κ1) is 11.3. The maximum atomic E-state index is 14.0. The second kappa shape index (κ2) is 4.14. The average molecular weight is 243 g/mol. The Morgan fingerprint density at radius 3 is 2.82 bits per heavy atom. The lowest BCUT2D eigenvalue weighted by molar-refractivity contribution is -0.0915. The predicted molar refractivity (Wildman–Crippen MR) is 58.7 cm³/mol. The van der Waals surface area contributed by atoms with Crippen molar-refractivity contribution in [3.63, 3.8) is 0 Å². The summed E-state index contributed by atoms with van der Waals surface area (Å²) >= 11 is 0. The normalized spacial score (nSPS) is 44.8. The third-order valence-corrected chi connectivity index (χ3v) is 4.15. The molecule has 5 unspecified atom stereocenters. The van der Waals surface area contributed by atoms with Gasteiger partial charge in [0, 0.05) is 25.6 Å². The van der Waals surface area contributed by atoms with Crippen molar-refractivity contribution in [1.82, 2.24) is 4.90 Å². The van der Waals surface area contributed by atoms with E-state index in [4.69, 9.17) is 9.84 Å². The van der Waals surface area contributed by atoms with Crippen LogP contribution in [-0.2, 0) is 4.74 Å². The molecule has 3 rings (SSSR count). The monoisotopic (exact) mass is 243 g/mol. The molecule has 0 aromatic carbocycles. The highest BCUT2D eigenvalue weighted by Crippen LogP contribution is 2.41. The van der Waals surface area contributed by atoms with Crippen LogP contribution >= 0.6 is 0 Å². The first-order valence-electron chi connectivity index (χ1n) is 6.27. The lowest BCUT2D eigenvalue weighted by Crippen LogP contribution is -2.47. The van der Waals surface area contributed by atoms with E-state index in [0.29, 0.717) is 6.42 Å². The van der Waals surface area contributed by atoms with Gasteiger partial charge in [0.2, 0.25) is 0 Å². The van der Waals surface area contributed by atoms with Crippen LogP contribution in [0.1, 0.15) is 12.8 Å². The van der Waals surface area contributed by atoms with Crippen LogP contribution in [0, 0.1) is 11.8 Å². The Balaban J connectivity index is 1.74. The fraction of sp³-hybridized carbons (Fsp3) is 0.833. The van der Waals surface area contributed by atoms with Gasteiger partial charge in [0.25, 0.3) is 0 Å². The van der Waals surface area contributed by atoms with Crippen molar-refractivity contribution in [3.8, 4) is 0 Å². The average Bonchev–Trinajstić information content (AvgIpc) is 2.64. The molecule has 0 aromatic heterocycles. The van der Waals surface area contributed by atoms with Crippen LogP contribution in [-0.4, -0.2) is 53.2 Å². The highest BCUT2D eigenvalue weighted by Gasteiger charge is 2.48. The number of hydrogen-bond acceptors (Lipinski definition) is 4. The van der Waals surface area contributed by atoms with E-state index < -0.39 is 18.2 Å². The standard InChI is InChI=1S/C12H18FNO3/c13-11-8-5-10(14-2-1-3-14)17-9(8)4-7(6-15)12(11)16/h5,7-9,11-12,15-16H,1-4,6H2. The SMILES string of the molecule is OCC1CC2OC(N3CCC3)=CC2C(F)C1O. The van der Waals surface area contributed by atoms with Gasteiger partial charge in [0.05, 0.1) is 12.0 Å². The molecule has 2 fully saturated rings. The summed E-state index contributed by atoms with van der Waals surface area (Å²) in [5.41, 5.74) is 0. The van der Waals surface area contributed by atoms with E-state index in [1.54, 1.807) is 0 Å². The van der Waals surface area contributed by atoms with Crippen LogP contribution in [0.25, 0.3) is 0 Å². The lowest BCUT2D eigenvalue weighted by Gasteiger charge is -2.37. The van der Waals surface area contributed by atoms with Gasteiger partial charge in [0.1, 0.15) is 12.3 Å². The molecule has 3 aliphatic rings. The van der Waals surface area contributed by atoms with Crippen molar-refractivity contribution in [2.45, 2.75) is 31.2 Å². The van der Waals surface area contributed by atoms with Gasteiger partial charge in [-0.05, 0) is 18.9 Å². The molecule has 0 bridgehead atoms. The summed E-state index contributed by atoms with van der Waals surface area (Å²) in [6.07, 6.45) is 0.862. The van der Waals surface area contributed by atoms with Crippen molar-refractivity contribution in [1.29, 1.82) is 0 Å². The van der Waals surface area contributed by atoms with Gasteiger partial charge in [-0.15, -0.1) is 0 Å². The zero-order valence-corrected chi connectivity index (χ0v) is 9.63. The quantitative estimate of drug-likeness (QED) is 0.730. The summed E-state index contributed by atoms with van der Waals surface area (Å²) in [7, 11) is 0. The first-order chi connectivity index (χ1) is 8.20. The largest absolute Gasteiger partial charge is 0.475 e. The molecule has 0 radical (unpaired) electrons. The number of nitrogens with zero attached hydrogens (tertiary/aromatic N) is 1. The molecule has 96 valence electrons. The highest BCUT2D eigenvalue weighted by atomic mass is 19.1. The molecule has 1 saturated carbocycles. The molecule has 17 heavy (non-hydrogen) atoms. The topological polar surface area (TPSA) is 52.9 Å². The maximum absolute atomic E-state index is 14.0. The van der Waals surface area contributed by atoms with Crippen molar-refractivity contribution in [2.75, 3.05) is 19.7 Å². The van der Waals surface area contributed by atoms with E-state index in [1.165, 1.54) is 0 Å². The summed E-state index contributed by atoms with van der Waals surface area (Å²) in [5, 5.41) is 18.9. The van der Waals surface area contributed by atoms with Gasteiger partial charge < -0.3 is 19.8 Å². The number of aliphatic hydroxyl groups is 2. The number of fused-ring (bicyclic) bond motifs is 1. The Kier molecular flexibility index (Phi) is 2.75. The van der Waals surface area contributed by atoms with Gasteiger partial charge in [-0.1, -0.05) is 0 Å². The van der Waals surface area contributed by atoms with Gasteiger partial charge in [0.15, 0.2) is 5.88 Å². The highest BCUT2D eigenvalue weighted by molar-refractivity contribution is 5.13. The molecule has 5 heteroatoms. The van der Waals surface area contributed by atoms with E-state index in [2.05, 4.69) is 4.90 Å². The van der Waals surface area contributed by atoms with E-state index >= 15 is 0 Å². The Morgan fingerprint density at radius 2 is 2.24 bits per heavy atom. The summed E-state index contributed by atoms with van der Waals surface area (Å²) in [4.78, 5) is 2.09. The number of rotatable bonds is 2. The molecule has 2 heterocycles. The molecular weight excluding hydrogens is 225 g/mol. The number of hydrogen-bond donors (Lipinski definition) is 2. The van der Waals surface area contributed by atoms with E-state index in [0.717, 1.165) is 25.4 Å². The summed E-state index contributed by atoms with van der Waals surface area (Å²) < 4.78 is 19.8. The van der Waals surface area contributed by atoms with Crippen molar-refractivity contribution < 1.29 is 19.3 Å². The van der Waals surface area contributed by atoms with E-state index in [9.17, 15) is 9.50 Å². The minimum absolute atomic E-state index is 0.187. The molecule has 2 aliphatic heterocycles. The smallest absolute Gasteiger partial charge is 0.185 e. The number of ether oxygens (including phenoxy) is 1. The molecule has 1 aliphatic carbocycles. The molecular formula is C12H18FNO3. The van der Waals surface area contributed by atoms with Crippen molar-refractivity contribution in [3.05, 3.63) is 12.0 Å². The zero-order chi connectivity index (χ0) is 12.0. The Morgan fingerprint density at radius 1 is 1.47 bits per heavy atom. The summed E-state index contributed by atoms with van der Waals surface area (Å²) in [6, 6.07) is 0. The van der Waals surface area contributed by atoms with Crippen LogP contribution in [0.5, 0.6) is 0 Å². The summed E-state index contributed by atoms with van der Waals surface area (Å²) in [5.74, 6) is -0.00141. The number of alkyl halides is 1. The fourth-order valence-electron chi connectivity index (χ4n) is 2.87. The fourth-order valence-corrected chi connectivity index (χ4v) is 2.87. The minimum atomic E-state index is -1.33. The minimum Gasteiger partial charge on any atom is -0.475 e. The third kappa shape index (κ3) is 1.72. The Hall–Kier alpha value is -0.810. The number of aliphatic hydroxyl groups excluding tert-OH is 2. The second-order valence-corrected chi connectivity index (χ2v) is 5.19. The zero-order valence-electron chi connectivity index (χ0n) is 9.63. The molecule has 1 saturated heterocycles. The van der Waals surface area contributed by atoms with Crippen LogP contribution in [0.2, 0.25) is 0 Å². The predicted octanol–water partition coefficient (Wildman–Crippen LogP) is 0.260. The van der Waals surface area contributed by atoms with Gasteiger partial charge in [-0.3, -0.25) is 0 Å². The van der Waals surface area contributed by atoms with Crippen LogP contribution in [0.4, 0.5) is 4.39 Å². The molecule has 0 spiro atoms. The number of likely N-dealkylation sites (tertiary alicyclic amines) is 1. The molecule has 5 atom stereocenters. The summed E-state index contributed by atoms with van der Waals surface area (Å²) in [6.45, 7) is 1.75. The Labute approximate surface area is 99.7 Å². The van der Waals surface area contributed by atoms with Gasteiger partial charge in [-0.25, -0.2) is 4.39 Å². The first-order valence-corrected chi connectivity index (χ1v) is 6.27. The maximum Gasteiger partial charge on any atom is 0.185 e. The molecule has 0 aromatic rings. The molecule has 4 nitrogen and oxygen atoms in total. The number of halogens is 1. The van der Waals surface area contributed by atoms with Crippen LogP contribution in [0.15, 0.2) is 12.0 Å². The third-order valence-electron chi connectivity index (χ3n) is 4.15. The van der Waals surface area contributed by atoms with Gasteiger partial charge in [-0.2, -0.15) is 0 Å². The van der Waals surface area contributed by atoms with Crippen LogP contribution < -0.4 is 0 Å². The van der Waals surface area contributed by atoms with E-state index in [1.807, 2.05) is 6.08 Å². The Bertz CT molecular complexity index is 332. The molecule has 2 N–H and O–H groups in total. The van der Waals surface area contributed by atoms with Crippen molar-refractivity contribution >= 4 is 0 Å². The van der Waals surface area contributed by atoms with Crippen LogP contribution in [0.3, 0.4) is 0 Å². The lowest BCUT2D eigenvalue weighted by atomic mass is 9.77. The van der Waals surface area contributed by atoms with E-state index in [-0.39, 0.29) is 18.6 Å². The molecule has 0 amide bonds. The van der Waals surface area contributed by atoms with Crippen molar-refractivity contribution in [2.24, 2.45) is 11.8 Å².